The molecule has 0 radical (unpaired) electrons. The van der Waals surface area contributed by atoms with E-state index in [0.717, 1.165) is 12.1 Å². The number of likely N-dealkylation sites (tertiary alicyclic amines) is 1. The van der Waals surface area contributed by atoms with Crippen LogP contribution >= 0.6 is 0 Å². The molecule has 4 heterocycles. The number of benzene rings is 1. The number of fused-ring (bicyclic) bond motifs is 4. The number of rotatable bonds is 4. The van der Waals surface area contributed by atoms with Crippen LogP contribution in [-0.2, 0) is 6.54 Å². The minimum Gasteiger partial charge on any atom is -0.497 e. The first-order valence-electron chi connectivity index (χ1n) is 10.9. The molecule has 3 aromatic rings. The molecule has 0 aliphatic carbocycles. The summed E-state index contributed by atoms with van der Waals surface area (Å²) in [6.07, 6.45) is 4.01. The number of piperidine rings is 1. The molecular formula is C25H24N4O4. The van der Waals surface area contributed by atoms with Crippen LogP contribution in [0.15, 0.2) is 65.7 Å². The average Bonchev–Trinajstić information content (AvgIpc) is 2.86. The lowest BCUT2D eigenvalue weighted by atomic mass is 9.83. The van der Waals surface area contributed by atoms with Gasteiger partial charge in [-0.25, -0.2) is 0 Å². The van der Waals surface area contributed by atoms with Gasteiger partial charge >= 0.3 is 0 Å². The lowest BCUT2D eigenvalue weighted by molar-refractivity contribution is 0.0594. The molecule has 2 amide bonds. The van der Waals surface area contributed by atoms with Gasteiger partial charge < -0.3 is 19.5 Å². The summed E-state index contributed by atoms with van der Waals surface area (Å²) in [6, 6.07) is 13.9. The van der Waals surface area contributed by atoms with Crippen molar-refractivity contribution in [1.82, 2.24) is 14.5 Å². The number of carbonyl (C=O) groups is 2. The van der Waals surface area contributed by atoms with Gasteiger partial charge in [-0.15, -0.1) is 0 Å². The Morgan fingerprint density at radius 2 is 1.73 bits per heavy atom. The van der Waals surface area contributed by atoms with Gasteiger partial charge in [-0.05, 0) is 60.9 Å². The predicted molar refractivity (Wildman–Crippen MR) is 123 cm³/mol. The van der Waals surface area contributed by atoms with Gasteiger partial charge in [0.2, 0.25) is 0 Å². The standard InChI is InChI=1S/C25H24N4O4/c1-33-20-4-2-18(3-5-20)24(31)28-13-16-12-19(15-28)22-7-6-21(25(32)29(22)14-16)27-23(30)17-8-10-26-11-9-17/h2-11,16,19H,12-15H2,1H3,(H,27,30)/t16-,19+/m0/s1. The van der Waals surface area contributed by atoms with E-state index in [1.165, 1.54) is 12.4 Å². The summed E-state index contributed by atoms with van der Waals surface area (Å²) in [5.74, 6) is 0.619. The zero-order valence-corrected chi connectivity index (χ0v) is 18.2. The van der Waals surface area contributed by atoms with Gasteiger partial charge in [0.15, 0.2) is 0 Å². The molecule has 168 valence electrons. The SMILES string of the molecule is COc1ccc(C(=O)N2C[C@@H]3C[C@H](C2)c2ccc(NC(=O)c4ccncc4)c(=O)n2C3)cc1. The van der Waals surface area contributed by atoms with Gasteiger partial charge in [0.25, 0.3) is 17.4 Å². The molecule has 2 aliphatic rings. The Morgan fingerprint density at radius 1 is 0.970 bits per heavy atom. The predicted octanol–water partition coefficient (Wildman–Crippen LogP) is 2.76. The molecule has 2 bridgehead atoms. The Bertz CT molecular complexity index is 1250. The van der Waals surface area contributed by atoms with Gasteiger partial charge in [0, 0.05) is 54.8 Å². The van der Waals surface area contributed by atoms with Gasteiger partial charge in [0.1, 0.15) is 11.4 Å². The highest BCUT2D eigenvalue weighted by molar-refractivity contribution is 6.04. The minimum atomic E-state index is -0.345. The van der Waals surface area contributed by atoms with Crippen molar-refractivity contribution in [2.45, 2.75) is 18.9 Å². The van der Waals surface area contributed by atoms with E-state index in [-0.39, 0.29) is 34.9 Å². The summed E-state index contributed by atoms with van der Waals surface area (Å²) >= 11 is 0. The van der Waals surface area contributed by atoms with Crippen LogP contribution in [0, 0.1) is 5.92 Å². The molecule has 8 heteroatoms. The molecule has 1 N–H and O–H groups in total. The van der Waals surface area contributed by atoms with Crippen LogP contribution in [-0.4, -0.2) is 46.5 Å². The van der Waals surface area contributed by atoms with Crippen LogP contribution in [0.4, 0.5) is 5.69 Å². The first-order valence-corrected chi connectivity index (χ1v) is 10.9. The largest absolute Gasteiger partial charge is 0.497 e. The fraction of sp³-hybridized carbons (Fsp3) is 0.280. The Hall–Kier alpha value is -3.94. The molecule has 2 aliphatic heterocycles. The van der Waals surface area contributed by atoms with Crippen LogP contribution in [0.1, 0.15) is 38.7 Å². The molecule has 0 unspecified atom stereocenters. The molecule has 2 aromatic heterocycles. The Kier molecular flexibility index (Phi) is 5.42. The second kappa shape index (κ2) is 8.54. The fourth-order valence-corrected chi connectivity index (χ4v) is 4.82. The van der Waals surface area contributed by atoms with Crippen molar-refractivity contribution in [3.8, 4) is 5.75 Å². The number of pyridine rings is 2. The summed E-state index contributed by atoms with van der Waals surface area (Å²) in [6.45, 7) is 1.68. The van der Waals surface area contributed by atoms with Crippen molar-refractivity contribution in [3.05, 3.63) is 88.1 Å². The molecule has 0 saturated carbocycles. The average molecular weight is 444 g/mol. The topological polar surface area (TPSA) is 93.5 Å². The first-order chi connectivity index (χ1) is 16.0. The van der Waals surface area contributed by atoms with Crippen LogP contribution in [0.25, 0.3) is 0 Å². The van der Waals surface area contributed by atoms with E-state index in [1.54, 1.807) is 54.1 Å². The molecule has 0 spiro atoms. The molecule has 8 nitrogen and oxygen atoms in total. The fourth-order valence-electron chi connectivity index (χ4n) is 4.82. The van der Waals surface area contributed by atoms with Crippen molar-refractivity contribution in [2.24, 2.45) is 5.92 Å². The number of anilines is 1. The van der Waals surface area contributed by atoms with Gasteiger partial charge in [-0.3, -0.25) is 19.4 Å². The Balaban J connectivity index is 1.36. The molecule has 1 aromatic carbocycles. The summed E-state index contributed by atoms with van der Waals surface area (Å²) in [5, 5.41) is 2.73. The zero-order chi connectivity index (χ0) is 22.9. The van der Waals surface area contributed by atoms with Crippen molar-refractivity contribution in [3.63, 3.8) is 0 Å². The third kappa shape index (κ3) is 4.00. The van der Waals surface area contributed by atoms with Gasteiger partial charge in [0.05, 0.1) is 7.11 Å². The zero-order valence-electron chi connectivity index (χ0n) is 18.2. The number of hydrogen-bond donors (Lipinski definition) is 1. The van der Waals surface area contributed by atoms with E-state index >= 15 is 0 Å². The number of aromatic nitrogens is 2. The smallest absolute Gasteiger partial charge is 0.274 e. The number of carbonyl (C=O) groups excluding carboxylic acids is 2. The van der Waals surface area contributed by atoms with Crippen molar-refractivity contribution in [1.29, 1.82) is 0 Å². The Labute approximate surface area is 190 Å². The number of ether oxygens (including phenoxy) is 1. The highest BCUT2D eigenvalue weighted by Gasteiger charge is 2.37. The third-order valence-corrected chi connectivity index (χ3v) is 6.42. The molecule has 1 fully saturated rings. The van der Waals surface area contributed by atoms with Crippen LogP contribution in [0.5, 0.6) is 5.75 Å². The molecule has 1 saturated heterocycles. The number of nitrogens with zero attached hydrogens (tertiary/aromatic N) is 3. The number of methoxy groups -OCH3 is 1. The maximum atomic E-state index is 13.2. The normalized spacial score (nSPS) is 18.9. The van der Waals surface area contributed by atoms with Crippen molar-refractivity contribution in [2.75, 3.05) is 25.5 Å². The monoisotopic (exact) mass is 444 g/mol. The number of amides is 2. The van der Waals surface area contributed by atoms with E-state index in [0.29, 0.717) is 36.5 Å². The highest BCUT2D eigenvalue weighted by atomic mass is 16.5. The molecular weight excluding hydrogens is 420 g/mol. The maximum absolute atomic E-state index is 13.2. The lowest BCUT2D eigenvalue weighted by Gasteiger charge is -2.43. The number of hydrogen-bond acceptors (Lipinski definition) is 5. The summed E-state index contributed by atoms with van der Waals surface area (Å²) in [5.41, 5.74) is 2.02. The van der Waals surface area contributed by atoms with E-state index in [2.05, 4.69) is 10.3 Å². The van der Waals surface area contributed by atoms with E-state index in [4.69, 9.17) is 4.74 Å². The van der Waals surface area contributed by atoms with Crippen molar-refractivity contribution >= 4 is 17.5 Å². The molecule has 2 atom stereocenters. The Morgan fingerprint density at radius 3 is 2.45 bits per heavy atom. The summed E-state index contributed by atoms with van der Waals surface area (Å²) in [7, 11) is 1.60. The van der Waals surface area contributed by atoms with Crippen molar-refractivity contribution < 1.29 is 14.3 Å². The number of nitrogens with one attached hydrogen (secondary N) is 1. The van der Waals surface area contributed by atoms with E-state index < -0.39 is 0 Å². The third-order valence-electron chi connectivity index (χ3n) is 6.42. The second-order valence-electron chi connectivity index (χ2n) is 8.51. The van der Waals surface area contributed by atoms with E-state index in [1.807, 2.05) is 11.0 Å². The maximum Gasteiger partial charge on any atom is 0.274 e. The molecule has 5 rings (SSSR count). The van der Waals surface area contributed by atoms with Crippen LogP contribution in [0.2, 0.25) is 0 Å². The summed E-state index contributed by atoms with van der Waals surface area (Å²) < 4.78 is 6.94. The van der Waals surface area contributed by atoms with Gasteiger partial charge in [-0.2, -0.15) is 0 Å². The summed E-state index contributed by atoms with van der Waals surface area (Å²) in [4.78, 5) is 44.5. The molecule has 33 heavy (non-hydrogen) atoms. The lowest BCUT2D eigenvalue weighted by Crippen LogP contribution is -2.49. The second-order valence-corrected chi connectivity index (χ2v) is 8.51. The van der Waals surface area contributed by atoms with Crippen LogP contribution < -0.4 is 15.6 Å². The van der Waals surface area contributed by atoms with Gasteiger partial charge in [-0.1, -0.05) is 0 Å². The van der Waals surface area contributed by atoms with E-state index in [9.17, 15) is 14.4 Å². The quantitative estimate of drug-likeness (QED) is 0.668. The minimum absolute atomic E-state index is 0.00983. The first kappa shape index (κ1) is 20.9. The highest BCUT2D eigenvalue weighted by Crippen LogP contribution is 2.36. The van der Waals surface area contributed by atoms with Crippen LogP contribution in [0.3, 0.4) is 0 Å².